The molecule has 0 heterocycles. The molecular weight excluding hydrogens is 258 g/mol. The zero-order valence-electron chi connectivity index (χ0n) is 10.2. The van der Waals surface area contributed by atoms with Crippen LogP contribution in [-0.4, -0.2) is 23.1 Å². The first-order valence-corrected chi connectivity index (χ1v) is 5.65. The van der Waals surface area contributed by atoms with Gasteiger partial charge in [0.2, 0.25) is 0 Å². The first kappa shape index (κ1) is 14.9. The Bertz CT molecular complexity index is 480. The van der Waals surface area contributed by atoms with Crippen molar-refractivity contribution in [3.63, 3.8) is 0 Å². The van der Waals surface area contributed by atoms with Crippen LogP contribution < -0.4 is 10.6 Å². The summed E-state index contributed by atoms with van der Waals surface area (Å²) in [6.07, 6.45) is 0.230. The lowest BCUT2D eigenvalue weighted by Gasteiger charge is -2.13. The van der Waals surface area contributed by atoms with Crippen molar-refractivity contribution in [3.8, 4) is 0 Å². The fraction of sp³-hybridized carbons (Fsp3) is 0.333. The molecule has 7 heteroatoms. The number of carbonyl (C=O) groups is 2. The highest BCUT2D eigenvalue weighted by atomic mass is 19.1. The molecule has 1 aromatic carbocycles. The van der Waals surface area contributed by atoms with Gasteiger partial charge in [0.1, 0.15) is 17.7 Å². The average molecular weight is 272 g/mol. The summed E-state index contributed by atoms with van der Waals surface area (Å²) in [5, 5.41) is 13.3. The first-order valence-electron chi connectivity index (χ1n) is 5.65. The van der Waals surface area contributed by atoms with Crippen molar-refractivity contribution in [2.45, 2.75) is 25.9 Å². The number of nitrogens with one attached hydrogen (secondary N) is 2. The molecule has 5 nitrogen and oxygen atoms in total. The van der Waals surface area contributed by atoms with Gasteiger partial charge in [-0.3, -0.25) is 0 Å². The quantitative estimate of drug-likeness (QED) is 0.762. The van der Waals surface area contributed by atoms with E-state index in [-0.39, 0.29) is 18.5 Å². The number of hydrogen-bond donors (Lipinski definition) is 3. The van der Waals surface area contributed by atoms with Crippen LogP contribution in [-0.2, 0) is 11.3 Å². The SMILES string of the molecule is CCC(NC(=O)NCc1ccc(F)cc1F)C(=O)O. The topological polar surface area (TPSA) is 78.4 Å². The summed E-state index contributed by atoms with van der Waals surface area (Å²) in [5.41, 5.74) is 0.111. The van der Waals surface area contributed by atoms with Crippen molar-refractivity contribution in [1.29, 1.82) is 0 Å². The van der Waals surface area contributed by atoms with Gasteiger partial charge in [0.15, 0.2) is 0 Å². The standard InChI is InChI=1S/C12H14F2N2O3/c1-2-10(11(17)18)16-12(19)15-6-7-3-4-8(13)5-9(7)14/h3-5,10H,2,6H2,1H3,(H,17,18)(H2,15,16,19). The van der Waals surface area contributed by atoms with Crippen molar-refractivity contribution in [2.24, 2.45) is 0 Å². The Kier molecular flexibility index (Phi) is 5.23. The molecule has 1 aromatic rings. The second kappa shape index (κ2) is 6.67. The van der Waals surface area contributed by atoms with Crippen molar-refractivity contribution in [3.05, 3.63) is 35.4 Å². The van der Waals surface area contributed by atoms with Gasteiger partial charge < -0.3 is 15.7 Å². The van der Waals surface area contributed by atoms with Crippen LogP contribution in [0.4, 0.5) is 13.6 Å². The lowest BCUT2D eigenvalue weighted by atomic mass is 10.2. The molecule has 0 radical (unpaired) electrons. The minimum atomic E-state index is -1.15. The van der Waals surface area contributed by atoms with Gasteiger partial charge in [0.05, 0.1) is 0 Å². The summed E-state index contributed by atoms with van der Waals surface area (Å²) in [7, 11) is 0. The minimum Gasteiger partial charge on any atom is -0.480 e. The first-order chi connectivity index (χ1) is 8.93. The van der Waals surface area contributed by atoms with Crippen molar-refractivity contribution >= 4 is 12.0 Å². The second-order valence-electron chi connectivity index (χ2n) is 3.86. The molecule has 1 atom stereocenters. The Labute approximate surface area is 108 Å². The molecule has 1 unspecified atom stereocenters. The molecule has 0 aliphatic rings. The lowest BCUT2D eigenvalue weighted by Crippen LogP contribution is -2.45. The van der Waals surface area contributed by atoms with E-state index in [1.54, 1.807) is 6.92 Å². The number of hydrogen-bond acceptors (Lipinski definition) is 2. The Morgan fingerprint density at radius 3 is 2.58 bits per heavy atom. The predicted molar refractivity (Wildman–Crippen MR) is 63.4 cm³/mol. The molecule has 0 saturated heterocycles. The van der Waals surface area contributed by atoms with Gasteiger partial charge in [-0.1, -0.05) is 13.0 Å². The Hall–Kier alpha value is -2.18. The summed E-state index contributed by atoms with van der Waals surface area (Å²) in [5.74, 6) is -2.63. The van der Waals surface area contributed by atoms with E-state index < -0.39 is 29.7 Å². The fourth-order valence-corrected chi connectivity index (χ4v) is 1.39. The van der Waals surface area contributed by atoms with E-state index in [1.807, 2.05) is 0 Å². The largest absolute Gasteiger partial charge is 0.480 e. The number of carboxylic acids is 1. The van der Waals surface area contributed by atoms with Crippen LogP contribution in [0.1, 0.15) is 18.9 Å². The molecule has 3 N–H and O–H groups in total. The smallest absolute Gasteiger partial charge is 0.326 e. The van der Waals surface area contributed by atoms with E-state index in [9.17, 15) is 18.4 Å². The number of carboxylic acid groups (broad SMARTS) is 1. The number of rotatable bonds is 5. The van der Waals surface area contributed by atoms with Crippen LogP contribution in [0, 0.1) is 11.6 Å². The summed E-state index contributed by atoms with van der Waals surface area (Å²) in [4.78, 5) is 22.1. The van der Waals surface area contributed by atoms with Gasteiger partial charge in [0, 0.05) is 18.2 Å². The highest BCUT2D eigenvalue weighted by Crippen LogP contribution is 2.08. The Morgan fingerprint density at radius 2 is 2.05 bits per heavy atom. The van der Waals surface area contributed by atoms with Gasteiger partial charge >= 0.3 is 12.0 Å². The lowest BCUT2D eigenvalue weighted by molar-refractivity contribution is -0.139. The van der Waals surface area contributed by atoms with E-state index in [4.69, 9.17) is 5.11 Å². The number of halogens is 2. The summed E-state index contributed by atoms with van der Waals surface area (Å²) in [6, 6.07) is 1.26. The fourth-order valence-electron chi connectivity index (χ4n) is 1.39. The molecule has 0 fully saturated rings. The molecule has 1 rings (SSSR count). The summed E-state index contributed by atoms with van der Waals surface area (Å²) in [6.45, 7) is 1.45. The van der Waals surface area contributed by atoms with Gasteiger partial charge in [-0.25, -0.2) is 18.4 Å². The molecular formula is C12H14F2N2O3. The zero-order chi connectivity index (χ0) is 14.4. The van der Waals surface area contributed by atoms with E-state index in [0.29, 0.717) is 6.07 Å². The number of carbonyl (C=O) groups excluding carboxylic acids is 1. The monoisotopic (exact) mass is 272 g/mol. The minimum absolute atomic E-state index is 0.111. The molecule has 2 amide bonds. The highest BCUT2D eigenvalue weighted by Gasteiger charge is 2.17. The predicted octanol–water partition coefficient (Wildman–Crippen LogP) is 1.63. The summed E-state index contributed by atoms with van der Waals surface area (Å²) >= 11 is 0. The second-order valence-corrected chi connectivity index (χ2v) is 3.86. The number of urea groups is 1. The highest BCUT2D eigenvalue weighted by molar-refractivity contribution is 5.82. The van der Waals surface area contributed by atoms with Crippen LogP contribution >= 0.6 is 0 Å². The number of benzene rings is 1. The van der Waals surface area contributed by atoms with Gasteiger partial charge in [-0.15, -0.1) is 0 Å². The molecule has 104 valence electrons. The van der Waals surface area contributed by atoms with Crippen LogP contribution in [0.25, 0.3) is 0 Å². The van der Waals surface area contributed by atoms with E-state index in [0.717, 1.165) is 6.07 Å². The Morgan fingerprint density at radius 1 is 1.37 bits per heavy atom. The number of amides is 2. The van der Waals surface area contributed by atoms with E-state index >= 15 is 0 Å². The third-order valence-corrected chi connectivity index (χ3v) is 2.47. The van der Waals surface area contributed by atoms with Crippen LogP contribution in [0.2, 0.25) is 0 Å². The summed E-state index contributed by atoms with van der Waals surface area (Å²) < 4.78 is 25.9. The maximum Gasteiger partial charge on any atom is 0.326 e. The van der Waals surface area contributed by atoms with Crippen molar-refractivity contribution in [2.75, 3.05) is 0 Å². The van der Waals surface area contributed by atoms with Gasteiger partial charge in [-0.2, -0.15) is 0 Å². The molecule has 0 aromatic heterocycles. The average Bonchev–Trinajstić information content (AvgIpc) is 2.34. The third-order valence-electron chi connectivity index (χ3n) is 2.47. The molecule has 0 aliphatic heterocycles. The number of aliphatic carboxylic acids is 1. The van der Waals surface area contributed by atoms with Gasteiger partial charge in [0.25, 0.3) is 0 Å². The van der Waals surface area contributed by atoms with E-state index in [1.165, 1.54) is 6.07 Å². The molecule has 19 heavy (non-hydrogen) atoms. The molecule has 0 bridgehead atoms. The van der Waals surface area contributed by atoms with Crippen molar-refractivity contribution < 1.29 is 23.5 Å². The van der Waals surface area contributed by atoms with Gasteiger partial charge in [-0.05, 0) is 12.5 Å². The van der Waals surface area contributed by atoms with Crippen LogP contribution in [0.15, 0.2) is 18.2 Å². The molecule has 0 spiro atoms. The maximum atomic E-state index is 13.3. The Balaban J connectivity index is 2.52. The maximum absolute atomic E-state index is 13.3. The van der Waals surface area contributed by atoms with Crippen molar-refractivity contribution in [1.82, 2.24) is 10.6 Å². The van der Waals surface area contributed by atoms with Crippen LogP contribution in [0.5, 0.6) is 0 Å². The van der Waals surface area contributed by atoms with Crippen LogP contribution in [0.3, 0.4) is 0 Å². The van der Waals surface area contributed by atoms with E-state index in [2.05, 4.69) is 10.6 Å². The molecule has 0 aliphatic carbocycles. The third kappa shape index (κ3) is 4.53. The zero-order valence-corrected chi connectivity index (χ0v) is 10.2. The normalized spacial score (nSPS) is 11.7. The molecule has 0 saturated carbocycles.